The fourth-order valence-electron chi connectivity index (χ4n) is 3.08. The quantitative estimate of drug-likeness (QED) is 0.833. The average molecular weight is 398 g/mol. The van der Waals surface area contributed by atoms with E-state index in [1.54, 1.807) is 18.5 Å². The Balaban J connectivity index is 1.72. The van der Waals surface area contributed by atoms with Crippen molar-refractivity contribution in [1.82, 2.24) is 19.1 Å². The van der Waals surface area contributed by atoms with Gasteiger partial charge in [0.2, 0.25) is 5.91 Å². The van der Waals surface area contributed by atoms with Gasteiger partial charge in [-0.15, -0.1) is 0 Å². The van der Waals surface area contributed by atoms with Gasteiger partial charge in [-0.2, -0.15) is 9.40 Å². The highest BCUT2D eigenvalue weighted by atomic mass is 32.2. The molecule has 1 amide bonds. The van der Waals surface area contributed by atoms with Crippen LogP contribution in [0, 0.1) is 6.92 Å². The van der Waals surface area contributed by atoms with Crippen LogP contribution in [0.5, 0.6) is 0 Å². The number of carbonyl (C=O) groups is 1. The molecule has 8 nitrogen and oxygen atoms in total. The fraction of sp³-hybridized carbons (Fsp3) is 0.562. The summed E-state index contributed by atoms with van der Waals surface area (Å²) in [7, 11) is -1.72. The van der Waals surface area contributed by atoms with E-state index in [1.807, 2.05) is 19.4 Å². The van der Waals surface area contributed by atoms with Crippen molar-refractivity contribution in [2.24, 2.45) is 7.05 Å². The van der Waals surface area contributed by atoms with Crippen molar-refractivity contribution in [3.05, 3.63) is 23.7 Å². The monoisotopic (exact) mass is 397 g/mol. The number of anilines is 1. The highest BCUT2D eigenvalue weighted by molar-refractivity contribution is 7.91. The Morgan fingerprint density at radius 2 is 2.08 bits per heavy atom. The number of carbonyl (C=O) groups excluding carboxylic acids is 1. The second-order valence-electron chi connectivity index (χ2n) is 6.42. The highest BCUT2D eigenvalue weighted by Crippen LogP contribution is 2.34. The number of nitrogens with zero attached hydrogens (tertiary/aromatic N) is 4. The number of thiazole rings is 1. The third-order valence-electron chi connectivity index (χ3n) is 4.55. The first kappa shape index (κ1) is 19.0. The van der Waals surface area contributed by atoms with Crippen molar-refractivity contribution in [1.29, 1.82) is 0 Å². The molecule has 0 radical (unpaired) electrons. The fourth-order valence-corrected chi connectivity index (χ4v) is 6.12. The molecule has 10 heteroatoms. The summed E-state index contributed by atoms with van der Waals surface area (Å²) in [5.74, 6) is 0.150. The Morgan fingerprint density at radius 3 is 2.65 bits per heavy atom. The zero-order chi connectivity index (χ0) is 18.9. The molecule has 1 aliphatic rings. The lowest BCUT2D eigenvalue weighted by molar-refractivity contribution is -0.115. The number of sulfonamides is 1. The molecule has 3 heterocycles. The number of aromatic nitrogens is 3. The standard InChI is InChI=1S/C16H23N5O3S2/c1-4-14(22)19-16-18-11(2)15(25-16)26(23,24)21-7-5-12(6-8-21)13-9-17-20(3)10-13/h9-10,12H,4-8H2,1-3H3,(H,18,19,22). The van der Waals surface area contributed by atoms with Crippen LogP contribution in [-0.2, 0) is 21.9 Å². The van der Waals surface area contributed by atoms with Crippen LogP contribution in [0.1, 0.15) is 43.4 Å². The predicted molar refractivity (Wildman–Crippen MR) is 99.7 cm³/mol. The lowest BCUT2D eigenvalue weighted by atomic mass is 9.93. The molecule has 0 aromatic carbocycles. The van der Waals surface area contributed by atoms with Crippen LogP contribution >= 0.6 is 11.3 Å². The average Bonchev–Trinajstić information content (AvgIpc) is 3.21. The first-order valence-corrected chi connectivity index (χ1v) is 10.8. The van der Waals surface area contributed by atoms with Gasteiger partial charge in [-0.1, -0.05) is 18.3 Å². The van der Waals surface area contributed by atoms with Gasteiger partial charge in [-0.05, 0) is 31.2 Å². The zero-order valence-corrected chi connectivity index (χ0v) is 16.7. The van der Waals surface area contributed by atoms with Gasteiger partial charge in [0.15, 0.2) is 9.34 Å². The molecule has 2 aromatic rings. The Labute approximate surface area is 157 Å². The number of rotatable bonds is 5. The van der Waals surface area contributed by atoms with E-state index in [2.05, 4.69) is 15.4 Å². The van der Waals surface area contributed by atoms with Gasteiger partial charge in [0, 0.05) is 32.8 Å². The van der Waals surface area contributed by atoms with Crippen molar-refractivity contribution in [3.63, 3.8) is 0 Å². The Hall–Kier alpha value is -1.78. The molecule has 0 aliphatic carbocycles. The van der Waals surface area contributed by atoms with E-state index in [1.165, 1.54) is 4.31 Å². The summed E-state index contributed by atoms with van der Waals surface area (Å²) in [5.41, 5.74) is 1.58. The van der Waals surface area contributed by atoms with E-state index in [4.69, 9.17) is 0 Å². The first-order valence-electron chi connectivity index (χ1n) is 8.57. The molecule has 1 N–H and O–H groups in total. The Kier molecular flexibility index (Phi) is 5.44. The normalized spacial score (nSPS) is 16.7. The van der Waals surface area contributed by atoms with E-state index < -0.39 is 10.0 Å². The molecule has 2 aromatic heterocycles. The van der Waals surface area contributed by atoms with Crippen molar-refractivity contribution in [3.8, 4) is 0 Å². The summed E-state index contributed by atoms with van der Waals surface area (Å²) in [6.45, 7) is 4.33. The lowest BCUT2D eigenvalue weighted by Gasteiger charge is -2.30. The number of hydrogen-bond acceptors (Lipinski definition) is 6. The van der Waals surface area contributed by atoms with E-state index in [-0.39, 0.29) is 10.1 Å². The number of hydrogen-bond donors (Lipinski definition) is 1. The number of nitrogens with one attached hydrogen (secondary N) is 1. The Morgan fingerprint density at radius 1 is 1.38 bits per heavy atom. The third kappa shape index (κ3) is 3.81. The van der Waals surface area contributed by atoms with Crippen molar-refractivity contribution in [2.45, 2.75) is 43.2 Å². The van der Waals surface area contributed by atoms with Gasteiger partial charge in [0.1, 0.15) is 0 Å². The third-order valence-corrected chi connectivity index (χ3v) is 8.10. The molecule has 1 saturated heterocycles. The molecule has 1 fully saturated rings. The minimum absolute atomic E-state index is 0.181. The SMILES string of the molecule is CCC(=O)Nc1nc(C)c(S(=O)(=O)N2CCC(c3cnn(C)c3)CC2)s1. The smallest absolute Gasteiger partial charge is 0.254 e. The minimum Gasteiger partial charge on any atom is -0.302 e. The maximum atomic E-state index is 13.0. The first-order chi connectivity index (χ1) is 12.3. The summed E-state index contributed by atoms with van der Waals surface area (Å²) in [5, 5.41) is 7.16. The molecule has 26 heavy (non-hydrogen) atoms. The zero-order valence-electron chi connectivity index (χ0n) is 15.1. The van der Waals surface area contributed by atoms with Crippen molar-refractivity contribution < 1.29 is 13.2 Å². The van der Waals surface area contributed by atoms with E-state index >= 15 is 0 Å². The molecule has 0 bridgehead atoms. The molecule has 0 saturated carbocycles. The summed E-state index contributed by atoms with van der Waals surface area (Å²) in [4.78, 5) is 15.7. The molecule has 1 aliphatic heterocycles. The number of aryl methyl sites for hydroxylation is 2. The number of piperidine rings is 1. The maximum Gasteiger partial charge on any atom is 0.254 e. The van der Waals surface area contributed by atoms with Gasteiger partial charge in [-0.25, -0.2) is 13.4 Å². The van der Waals surface area contributed by atoms with E-state index in [9.17, 15) is 13.2 Å². The van der Waals surface area contributed by atoms with Crippen LogP contribution in [0.3, 0.4) is 0 Å². The van der Waals surface area contributed by atoms with Gasteiger partial charge >= 0.3 is 0 Å². The molecule has 0 atom stereocenters. The molecular weight excluding hydrogens is 374 g/mol. The summed E-state index contributed by atoms with van der Waals surface area (Å²) in [6.07, 6.45) is 5.70. The highest BCUT2D eigenvalue weighted by Gasteiger charge is 2.33. The van der Waals surface area contributed by atoms with Gasteiger partial charge in [0.05, 0.1) is 11.9 Å². The van der Waals surface area contributed by atoms with Gasteiger partial charge < -0.3 is 5.32 Å². The van der Waals surface area contributed by atoms with Crippen LogP contribution in [-0.4, -0.2) is 46.5 Å². The van der Waals surface area contributed by atoms with Gasteiger partial charge in [0.25, 0.3) is 10.0 Å². The molecule has 0 unspecified atom stereocenters. The topological polar surface area (TPSA) is 97.2 Å². The largest absolute Gasteiger partial charge is 0.302 e. The molecule has 142 valence electrons. The summed E-state index contributed by atoms with van der Waals surface area (Å²) >= 11 is 1.02. The van der Waals surface area contributed by atoms with E-state index in [0.29, 0.717) is 36.3 Å². The van der Waals surface area contributed by atoms with E-state index in [0.717, 1.165) is 29.7 Å². The van der Waals surface area contributed by atoms with Crippen LogP contribution in [0.2, 0.25) is 0 Å². The molecule has 0 spiro atoms. The van der Waals surface area contributed by atoms with Crippen molar-refractivity contribution in [2.75, 3.05) is 18.4 Å². The van der Waals surface area contributed by atoms with Crippen LogP contribution < -0.4 is 5.32 Å². The van der Waals surface area contributed by atoms with Crippen LogP contribution in [0.15, 0.2) is 16.6 Å². The lowest BCUT2D eigenvalue weighted by Crippen LogP contribution is -2.37. The number of amides is 1. The minimum atomic E-state index is -3.60. The molecular formula is C16H23N5O3S2. The van der Waals surface area contributed by atoms with Crippen molar-refractivity contribution >= 4 is 32.4 Å². The second-order valence-corrected chi connectivity index (χ2v) is 9.55. The van der Waals surface area contributed by atoms with Gasteiger partial charge in [-0.3, -0.25) is 9.48 Å². The predicted octanol–water partition coefficient (Wildman–Crippen LogP) is 2.10. The van der Waals surface area contributed by atoms with Crippen LogP contribution in [0.25, 0.3) is 0 Å². The summed E-state index contributed by atoms with van der Waals surface area (Å²) in [6, 6.07) is 0. The maximum absolute atomic E-state index is 13.0. The van der Waals surface area contributed by atoms with Crippen LogP contribution in [0.4, 0.5) is 5.13 Å². The second kappa shape index (κ2) is 7.45. The summed E-state index contributed by atoms with van der Waals surface area (Å²) < 4.78 is 29.5. The molecule has 3 rings (SSSR count). The Bertz CT molecular complexity index is 895.